The molecule has 0 aromatic heterocycles. The summed E-state index contributed by atoms with van der Waals surface area (Å²) in [6.07, 6.45) is 1.52. The number of hydrogen-bond donors (Lipinski definition) is 3. The number of halogens is 3. The topological polar surface area (TPSA) is 114 Å². The highest BCUT2D eigenvalue weighted by molar-refractivity contribution is 7.89. The average Bonchev–Trinajstić information content (AvgIpc) is 3.30. The molecule has 2 unspecified atom stereocenters. The fourth-order valence-electron chi connectivity index (χ4n) is 7.13. The predicted molar refractivity (Wildman–Crippen MR) is 162 cm³/mol. The highest BCUT2D eigenvalue weighted by atomic mass is 35.5. The first-order chi connectivity index (χ1) is 20.5. The third-order valence-corrected chi connectivity index (χ3v) is 11.5. The summed E-state index contributed by atoms with van der Waals surface area (Å²) in [6.45, 7) is 2.39. The molecule has 3 aliphatic rings. The number of sulfonamides is 1. The predicted octanol–water partition coefficient (Wildman–Crippen LogP) is 4.15. The number of benzene rings is 2. The van der Waals surface area contributed by atoms with Gasteiger partial charge in [0, 0.05) is 68.7 Å². The maximum absolute atomic E-state index is 15.0. The Bertz CT molecular complexity index is 1330. The number of nitrogens with zero attached hydrogens (tertiary/aromatic N) is 1. The fraction of sp³-hybridized carbons (Fsp3) is 0.581. The second kappa shape index (κ2) is 13.9. The molecule has 0 spiro atoms. The van der Waals surface area contributed by atoms with Crippen molar-refractivity contribution in [3.63, 3.8) is 0 Å². The van der Waals surface area contributed by atoms with Crippen LogP contribution in [-0.2, 0) is 19.6 Å². The van der Waals surface area contributed by atoms with E-state index < -0.39 is 46.3 Å². The number of alkyl halides is 2. The quantitative estimate of drug-likeness (QED) is 0.341. The van der Waals surface area contributed by atoms with Crippen LogP contribution in [0.5, 0.6) is 0 Å². The molecule has 4 N–H and O–H groups in total. The Kier molecular flexibility index (Phi) is 10.4. The van der Waals surface area contributed by atoms with E-state index in [1.165, 1.54) is 4.31 Å². The van der Waals surface area contributed by atoms with Gasteiger partial charge in [0.2, 0.25) is 21.9 Å². The van der Waals surface area contributed by atoms with Crippen LogP contribution in [-0.4, -0.2) is 75.5 Å². The summed E-state index contributed by atoms with van der Waals surface area (Å²) < 4.78 is 63.9. The lowest BCUT2D eigenvalue weighted by atomic mass is 9.76. The normalized spacial score (nSPS) is 26.6. The molecular weight excluding hydrogens is 598 g/mol. The molecule has 5 rings (SSSR count). The van der Waals surface area contributed by atoms with E-state index in [-0.39, 0.29) is 29.2 Å². The molecule has 8 nitrogen and oxygen atoms in total. The zero-order chi connectivity index (χ0) is 30.6. The van der Waals surface area contributed by atoms with Gasteiger partial charge in [-0.25, -0.2) is 17.2 Å². The van der Waals surface area contributed by atoms with Crippen LogP contribution < -0.4 is 16.4 Å². The van der Waals surface area contributed by atoms with Gasteiger partial charge in [0.1, 0.15) is 0 Å². The minimum atomic E-state index is -3.73. The lowest BCUT2D eigenvalue weighted by molar-refractivity contribution is -0.121. The number of amides is 1. The second-order valence-corrected chi connectivity index (χ2v) is 14.4. The molecular formula is C31H41ClF2N4O4S. The molecule has 2 aromatic carbocycles. The van der Waals surface area contributed by atoms with Gasteiger partial charge < -0.3 is 21.1 Å². The standard InChI is InChI=1S/C31H41ClF2N4O4S/c32-24-9-6-21(7-10-24)28(22-12-16-42-17-13-22)29(30(35)39)37-27-19-31(33,34)18-23(27)8-11-25-20-36-14-15-38(25)43(40,41)26-4-2-1-3-5-26/h1-7,9-10,22-23,25,27-29,36-37H,8,11-20H2,(H2,35,39)/t23?,25-,27?,28+,29-/m0/s1. The van der Waals surface area contributed by atoms with Crippen molar-refractivity contribution in [2.45, 2.75) is 73.4 Å². The van der Waals surface area contributed by atoms with E-state index in [2.05, 4.69) is 10.6 Å². The van der Waals surface area contributed by atoms with Gasteiger partial charge in [-0.05, 0) is 67.3 Å². The number of carbonyl (C=O) groups is 1. The zero-order valence-corrected chi connectivity index (χ0v) is 25.7. The van der Waals surface area contributed by atoms with Crippen molar-refractivity contribution in [2.24, 2.45) is 17.6 Å². The van der Waals surface area contributed by atoms with Crippen LogP contribution in [0.1, 0.15) is 50.0 Å². The lowest BCUT2D eigenvalue weighted by Crippen LogP contribution is -2.54. The van der Waals surface area contributed by atoms with Gasteiger partial charge in [-0.2, -0.15) is 4.31 Å². The van der Waals surface area contributed by atoms with E-state index in [9.17, 15) is 22.0 Å². The Labute approximate surface area is 257 Å². The molecule has 3 fully saturated rings. The summed E-state index contributed by atoms with van der Waals surface area (Å²) in [5.74, 6) is -4.20. The summed E-state index contributed by atoms with van der Waals surface area (Å²) in [4.78, 5) is 13.2. The molecule has 1 amide bonds. The number of ether oxygens (including phenoxy) is 1. The van der Waals surface area contributed by atoms with Crippen molar-refractivity contribution in [1.29, 1.82) is 0 Å². The van der Waals surface area contributed by atoms with Crippen LogP contribution >= 0.6 is 11.6 Å². The minimum Gasteiger partial charge on any atom is -0.381 e. The molecule has 0 bridgehead atoms. The average molecular weight is 639 g/mol. The smallest absolute Gasteiger partial charge is 0.250 e. The Hall–Kier alpha value is -2.15. The van der Waals surface area contributed by atoms with Crippen molar-refractivity contribution in [3.8, 4) is 0 Å². The van der Waals surface area contributed by atoms with Gasteiger partial charge in [0.15, 0.2) is 0 Å². The molecule has 1 saturated carbocycles. The van der Waals surface area contributed by atoms with Crippen LogP contribution in [0.2, 0.25) is 5.02 Å². The van der Waals surface area contributed by atoms with Crippen LogP contribution in [0.3, 0.4) is 0 Å². The number of nitrogens with one attached hydrogen (secondary N) is 2. The van der Waals surface area contributed by atoms with Gasteiger partial charge in [0.05, 0.1) is 10.9 Å². The van der Waals surface area contributed by atoms with Gasteiger partial charge in [-0.1, -0.05) is 41.9 Å². The summed E-state index contributed by atoms with van der Waals surface area (Å²) in [5.41, 5.74) is 6.87. The number of rotatable bonds is 11. The first kappa shape index (κ1) is 32.2. The van der Waals surface area contributed by atoms with Gasteiger partial charge in [0.25, 0.3) is 0 Å². The molecule has 2 heterocycles. The van der Waals surface area contributed by atoms with Crippen LogP contribution in [0.15, 0.2) is 59.5 Å². The van der Waals surface area contributed by atoms with Gasteiger partial charge in [-0.3, -0.25) is 4.79 Å². The molecule has 12 heteroatoms. The summed E-state index contributed by atoms with van der Waals surface area (Å²) in [7, 11) is -3.73. The summed E-state index contributed by atoms with van der Waals surface area (Å²) >= 11 is 6.15. The molecule has 2 aliphatic heterocycles. The van der Waals surface area contributed by atoms with Crippen LogP contribution in [0.4, 0.5) is 8.78 Å². The molecule has 236 valence electrons. The van der Waals surface area contributed by atoms with E-state index in [4.69, 9.17) is 22.1 Å². The van der Waals surface area contributed by atoms with E-state index in [1.54, 1.807) is 42.5 Å². The van der Waals surface area contributed by atoms with Crippen LogP contribution in [0.25, 0.3) is 0 Å². The monoisotopic (exact) mass is 638 g/mol. The maximum atomic E-state index is 15.0. The zero-order valence-electron chi connectivity index (χ0n) is 24.1. The highest BCUT2D eigenvalue weighted by Crippen LogP contribution is 2.43. The molecule has 2 aromatic rings. The van der Waals surface area contributed by atoms with Crippen molar-refractivity contribution in [2.75, 3.05) is 32.8 Å². The number of primary amides is 1. The highest BCUT2D eigenvalue weighted by Gasteiger charge is 2.48. The largest absolute Gasteiger partial charge is 0.381 e. The third-order valence-electron chi connectivity index (χ3n) is 9.25. The second-order valence-electron chi connectivity index (χ2n) is 12.1. The number of nitrogens with two attached hydrogens (primary N) is 1. The van der Waals surface area contributed by atoms with E-state index in [1.807, 2.05) is 12.1 Å². The first-order valence-corrected chi connectivity index (χ1v) is 16.9. The van der Waals surface area contributed by atoms with E-state index >= 15 is 0 Å². The van der Waals surface area contributed by atoms with Crippen molar-refractivity contribution < 1.29 is 26.7 Å². The number of piperazine rings is 1. The fourth-order valence-corrected chi connectivity index (χ4v) is 8.93. The SMILES string of the molecule is NC(=O)[C@@H](NC1CC(F)(F)CC1CC[C@H]1CNCCN1S(=O)(=O)c1ccccc1)[C@H](c1ccc(Cl)cc1)C1CCOCC1. The molecule has 43 heavy (non-hydrogen) atoms. The number of hydrogen-bond acceptors (Lipinski definition) is 6. The number of carbonyl (C=O) groups excluding carboxylic acids is 1. The molecule has 0 radical (unpaired) electrons. The van der Waals surface area contributed by atoms with E-state index in [0.29, 0.717) is 50.7 Å². The van der Waals surface area contributed by atoms with Gasteiger partial charge >= 0.3 is 0 Å². The van der Waals surface area contributed by atoms with Crippen molar-refractivity contribution >= 4 is 27.5 Å². The van der Waals surface area contributed by atoms with Crippen LogP contribution in [0, 0.1) is 11.8 Å². The molecule has 2 saturated heterocycles. The minimum absolute atomic E-state index is 0.0744. The molecule has 5 atom stereocenters. The Morgan fingerprint density at radius 3 is 2.47 bits per heavy atom. The van der Waals surface area contributed by atoms with Crippen molar-refractivity contribution in [1.82, 2.24) is 14.9 Å². The maximum Gasteiger partial charge on any atom is 0.250 e. The summed E-state index contributed by atoms with van der Waals surface area (Å²) in [5, 5.41) is 7.14. The third kappa shape index (κ3) is 7.75. The van der Waals surface area contributed by atoms with Crippen molar-refractivity contribution in [3.05, 3.63) is 65.2 Å². The van der Waals surface area contributed by atoms with E-state index in [0.717, 1.165) is 18.4 Å². The first-order valence-electron chi connectivity index (χ1n) is 15.1. The summed E-state index contributed by atoms with van der Waals surface area (Å²) in [6, 6.07) is 13.7. The van der Waals surface area contributed by atoms with Gasteiger partial charge in [-0.15, -0.1) is 0 Å². The Morgan fingerprint density at radius 2 is 1.79 bits per heavy atom. The molecule has 1 aliphatic carbocycles. The Morgan fingerprint density at radius 1 is 1.09 bits per heavy atom. The lowest BCUT2D eigenvalue weighted by Gasteiger charge is -2.38. The Balaban J connectivity index is 1.35.